The van der Waals surface area contributed by atoms with E-state index in [1.807, 2.05) is 0 Å². The Kier molecular flexibility index (Phi) is 5.47. The second kappa shape index (κ2) is 7.13. The quantitative estimate of drug-likeness (QED) is 0.388. The van der Waals surface area contributed by atoms with Crippen molar-refractivity contribution in [3.63, 3.8) is 0 Å². The second-order valence-electron chi connectivity index (χ2n) is 5.01. The minimum absolute atomic E-state index is 0.154. The van der Waals surface area contributed by atoms with Crippen molar-refractivity contribution in [1.82, 2.24) is 0 Å². The van der Waals surface area contributed by atoms with Crippen molar-refractivity contribution >= 4 is 44.0 Å². The first kappa shape index (κ1) is 16.1. The molecule has 114 valence electrons. The summed E-state index contributed by atoms with van der Waals surface area (Å²) in [4.78, 5) is 23.5. The van der Waals surface area contributed by atoms with Crippen LogP contribution in [0.4, 0.5) is 3.89 Å². The Bertz CT molecular complexity index is 657. The summed E-state index contributed by atoms with van der Waals surface area (Å²) in [6.07, 6.45) is 5.49. The molecule has 0 saturated carbocycles. The van der Waals surface area contributed by atoms with Crippen molar-refractivity contribution < 1.29 is 18.6 Å². The fraction of sp³-hybridized carbons (Fsp3) is 0.467. The molecular formula is C15H18FO3S2+. The monoisotopic (exact) mass is 329 g/mol. The number of carbonyl (C=O) groups is 2. The van der Waals surface area contributed by atoms with Crippen molar-refractivity contribution in [2.45, 2.75) is 45.4 Å². The molecule has 1 N–H and O–H groups in total. The van der Waals surface area contributed by atoms with Gasteiger partial charge in [0.15, 0.2) is 5.38 Å². The van der Waals surface area contributed by atoms with Gasteiger partial charge in [0.25, 0.3) is 4.88 Å². The van der Waals surface area contributed by atoms with Crippen molar-refractivity contribution in [3.05, 3.63) is 21.2 Å². The fourth-order valence-electron chi connectivity index (χ4n) is 2.30. The number of hydrogen-bond donors (Lipinski definition) is 1. The molecule has 1 atom stereocenters. The van der Waals surface area contributed by atoms with Gasteiger partial charge in [0, 0.05) is 10.3 Å². The van der Waals surface area contributed by atoms with Crippen LogP contribution in [0.5, 0.6) is 0 Å². The molecule has 2 heterocycles. The SMILES string of the molecule is CCCCCCCC(=O)c1c2cc(C(=O)O)sc2c[s+]1F. The number of Topliss-reactive ketones (excluding diaryl/α,β-unsaturated/α-hetero) is 1. The van der Waals surface area contributed by atoms with Crippen LogP contribution >= 0.6 is 22.2 Å². The molecule has 0 saturated heterocycles. The van der Waals surface area contributed by atoms with E-state index in [0.717, 1.165) is 43.4 Å². The summed E-state index contributed by atoms with van der Waals surface area (Å²) >= 11 is 1.03. The van der Waals surface area contributed by atoms with Gasteiger partial charge in [-0.3, -0.25) is 4.79 Å². The molecule has 0 aliphatic heterocycles. The molecular weight excluding hydrogens is 311 g/mol. The molecule has 0 bridgehead atoms. The highest BCUT2D eigenvalue weighted by Gasteiger charge is 2.30. The van der Waals surface area contributed by atoms with Crippen LogP contribution in [0.2, 0.25) is 0 Å². The number of carbonyl (C=O) groups excluding carboxylic acids is 1. The van der Waals surface area contributed by atoms with Gasteiger partial charge in [0.1, 0.15) is 4.88 Å². The average Bonchev–Trinajstić information content (AvgIpc) is 2.94. The first-order valence-corrected chi connectivity index (χ1v) is 9.07. The van der Waals surface area contributed by atoms with Gasteiger partial charge in [-0.25, -0.2) is 4.79 Å². The predicted octanol–water partition coefficient (Wildman–Crippen LogP) is 5.62. The lowest BCUT2D eigenvalue weighted by Gasteiger charge is -1.97. The zero-order chi connectivity index (χ0) is 15.4. The topological polar surface area (TPSA) is 54.4 Å². The zero-order valence-electron chi connectivity index (χ0n) is 11.9. The molecule has 21 heavy (non-hydrogen) atoms. The molecule has 6 heteroatoms. The van der Waals surface area contributed by atoms with E-state index in [1.54, 1.807) is 0 Å². The number of rotatable bonds is 8. The van der Waals surface area contributed by atoms with E-state index < -0.39 is 16.8 Å². The number of carboxylic acids is 1. The maximum atomic E-state index is 14.0. The molecule has 0 aliphatic rings. The molecule has 3 nitrogen and oxygen atoms in total. The molecule has 0 spiro atoms. The minimum Gasteiger partial charge on any atom is -0.477 e. The molecule has 2 rings (SSSR count). The van der Waals surface area contributed by atoms with Crippen LogP contribution in [0.1, 0.15) is 64.8 Å². The van der Waals surface area contributed by atoms with E-state index >= 15 is 0 Å². The van der Waals surface area contributed by atoms with Gasteiger partial charge in [0.05, 0.1) is 10.1 Å². The highest BCUT2D eigenvalue weighted by Crippen LogP contribution is 2.41. The van der Waals surface area contributed by atoms with Gasteiger partial charge < -0.3 is 5.11 Å². The summed E-state index contributed by atoms with van der Waals surface area (Å²) < 4.78 is 14.6. The van der Waals surface area contributed by atoms with Crippen LogP contribution in [0.25, 0.3) is 10.1 Å². The maximum absolute atomic E-state index is 14.0. The van der Waals surface area contributed by atoms with Crippen molar-refractivity contribution in [1.29, 1.82) is 0 Å². The molecule has 2 aromatic heterocycles. The molecule has 0 aliphatic carbocycles. The van der Waals surface area contributed by atoms with Gasteiger partial charge in [-0.15, -0.1) is 11.3 Å². The van der Waals surface area contributed by atoms with E-state index in [9.17, 15) is 13.5 Å². The van der Waals surface area contributed by atoms with E-state index in [4.69, 9.17) is 5.11 Å². The van der Waals surface area contributed by atoms with Crippen LogP contribution in [0.3, 0.4) is 0 Å². The zero-order valence-corrected chi connectivity index (χ0v) is 13.5. The number of carboxylic acid groups (broad SMARTS) is 1. The lowest BCUT2D eigenvalue weighted by molar-refractivity contribution is 0.0702. The Balaban J connectivity index is 2.10. The Morgan fingerprint density at radius 3 is 2.67 bits per heavy atom. The van der Waals surface area contributed by atoms with Crippen molar-refractivity contribution in [2.24, 2.45) is 0 Å². The fourth-order valence-corrected chi connectivity index (χ4v) is 4.71. The summed E-state index contributed by atoms with van der Waals surface area (Å²) in [7, 11) is -1.68. The average molecular weight is 329 g/mol. The highest BCUT2D eigenvalue weighted by atomic mass is 32.2. The smallest absolute Gasteiger partial charge is 0.345 e. The third kappa shape index (κ3) is 3.68. The van der Waals surface area contributed by atoms with Crippen LogP contribution in [-0.4, -0.2) is 16.9 Å². The Morgan fingerprint density at radius 2 is 2.00 bits per heavy atom. The minimum atomic E-state index is -1.68. The Hall–Kier alpha value is -1.27. The van der Waals surface area contributed by atoms with Gasteiger partial charge in [-0.1, -0.05) is 32.6 Å². The predicted molar refractivity (Wildman–Crippen MR) is 85.5 cm³/mol. The summed E-state index contributed by atoms with van der Waals surface area (Å²) in [6, 6.07) is 1.43. The normalized spacial score (nSPS) is 12.0. The maximum Gasteiger partial charge on any atom is 0.345 e. The number of aromatic carboxylic acids is 1. The van der Waals surface area contributed by atoms with E-state index in [0.29, 0.717) is 16.5 Å². The third-order valence-corrected chi connectivity index (χ3v) is 5.88. The number of thiophene rings is 2. The first-order valence-electron chi connectivity index (χ1n) is 7.06. The summed E-state index contributed by atoms with van der Waals surface area (Å²) in [5.41, 5.74) is 0. The van der Waals surface area contributed by atoms with Gasteiger partial charge in [-0.2, -0.15) is 0 Å². The number of ketones is 1. The molecule has 0 fully saturated rings. The van der Waals surface area contributed by atoms with Gasteiger partial charge in [0.2, 0.25) is 16.6 Å². The number of unbranched alkanes of at least 4 members (excludes halogenated alkanes) is 4. The number of halogens is 1. The second-order valence-corrected chi connectivity index (χ2v) is 7.31. The largest absolute Gasteiger partial charge is 0.477 e. The van der Waals surface area contributed by atoms with E-state index in [-0.39, 0.29) is 15.5 Å². The number of hydrogen-bond acceptors (Lipinski definition) is 3. The summed E-state index contributed by atoms with van der Waals surface area (Å²) in [5.74, 6) is -1.21. The Morgan fingerprint density at radius 1 is 1.29 bits per heavy atom. The highest BCUT2D eigenvalue weighted by molar-refractivity contribution is 7.31. The third-order valence-electron chi connectivity index (χ3n) is 3.38. The van der Waals surface area contributed by atoms with Gasteiger partial charge in [-0.05, 0) is 12.5 Å². The lowest BCUT2D eigenvalue weighted by atomic mass is 10.1. The van der Waals surface area contributed by atoms with Crippen molar-refractivity contribution in [2.75, 3.05) is 0 Å². The summed E-state index contributed by atoms with van der Waals surface area (Å²) in [6.45, 7) is 2.13. The van der Waals surface area contributed by atoms with Crippen molar-refractivity contribution in [3.8, 4) is 0 Å². The van der Waals surface area contributed by atoms with Crippen LogP contribution < -0.4 is 0 Å². The standard InChI is InChI=1S/C15H17FO3S2/c1-2-3-4-5-6-7-11(17)14-10-8-12(15(18)19)20-13(10)9-21(14)16/h8-9H,2-7H2,1H3/p+1. The Labute approximate surface area is 129 Å². The van der Waals surface area contributed by atoms with E-state index in [2.05, 4.69) is 6.92 Å². The lowest BCUT2D eigenvalue weighted by Crippen LogP contribution is -1.97. The molecule has 0 radical (unpaired) electrons. The first-order chi connectivity index (χ1) is 10.0. The molecule has 2 aromatic rings. The number of fused-ring (bicyclic) bond motifs is 1. The van der Waals surface area contributed by atoms with Crippen LogP contribution in [0.15, 0.2) is 11.4 Å². The molecule has 0 amide bonds. The molecule has 0 aromatic carbocycles. The summed E-state index contributed by atoms with van der Waals surface area (Å²) in [5, 5.41) is 10.8. The molecule has 1 unspecified atom stereocenters. The van der Waals surface area contributed by atoms with Crippen LogP contribution in [0, 0.1) is 0 Å². The van der Waals surface area contributed by atoms with Gasteiger partial charge >= 0.3 is 5.97 Å². The van der Waals surface area contributed by atoms with Crippen LogP contribution in [-0.2, 0) is 0 Å². The van der Waals surface area contributed by atoms with E-state index in [1.165, 1.54) is 11.4 Å².